The van der Waals surface area contributed by atoms with Gasteiger partial charge in [-0.15, -0.1) is 0 Å². The quantitative estimate of drug-likeness (QED) is 0.562. The summed E-state index contributed by atoms with van der Waals surface area (Å²) in [4.78, 5) is 0. The average Bonchev–Trinajstić information content (AvgIpc) is 1.93. The number of benzene rings is 1. The van der Waals surface area contributed by atoms with E-state index in [0.29, 0.717) is 0 Å². The predicted molar refractivity (Wildman–Crippen MR) is 42.2 cm³/mol. The Labute approximate surface area is 69.4 Å². The zero-order valence-corrected chi connectivity index (χ0v) is 6.27. The lowest BCUT2D eigenvalue weighted by molar-refractivity contribution is 0.288. The van der Waals surface area contributed by atoms with E-state index in [-0.39, 0.29) is 11.9 Å². The van der Waals surface area contributed by atoms with Crippen LogP contribution in [0.3, 0.4) is 0 Å². The van der Waals surface area contributed by atoms with Crippen molar-refractivity contribution in [3.8, 4) is 5.75 Å². The van der Waals surface area contributed by atoms with Gasteiger partial charge in [-0.05, 0) is 24.3 Å². The molecule has 0 bridgehead atoms. The van der Waals surface area contributed by atoms with Crippen LogP contribution in [0.4, 0.5) is 4.39 Å². The Bertz CT molecular complexity index is 229. The number of hydrogen-bond donors (Lipinski definition) is 3. The smallest absolute Gasteiger partial charge is 0.512 e. The van der Waals surface area contributed by atoms with Crippen LogP contribution in [0.25, 0.3) is 0 Å². The second kappa shape index (κ2) is 4.71. The molecule has 0 amide bonds. The molecule has 4 nitrogen and oxygen atoms in total. The average molecular weight is 173 g/mol. The highest BCUT2D eigenvalue weighted by Crippen LogP contribution is 2.10. The van der Waals surface area contributed by atoms with Gasteiger partial charge >= 0.3 is 7.32 Å². The number of rotatable bonds is 2. The van der Waals surface area contributed by atoms with Crippen LogP contribution in [0.2, 0.25) is 0 Å². The summed E-state index contributed by atoms with van der Waals surface area (Å²) in [5.41, 5.74) is 0. The lowest BCUT2D eigenvalue weighted by Crippen LogP contribution is -2.20. The van der Waals surface area contributed by atoms with E-state index in [1.807, 2.05) is 0 Å². The van der Waals surface area contributed by atoms with Crippen LogP contribution in [0.15, 0.2) is 24.3 Å². The fourth-order valence-corrected chi connectivity index (χ4v) is 0.635. The van der Waals surface area contributed by atoms with E-state index >= 15 is 0 Å². The summed E-state index contributed by atoms with van der Waals surface area (Å²) in [7, 11) is -1.86. The first-order chi connectivity index (χ1) is 5.18. The molecule has 0 aliphatic rings. The molecule has 0 atom stereocenters. The molecule has 5 N–H and O–H groups in total. The minimum atomic E-state index is -1.86. The highest BCUT2D eigenvalue weighted by atomic mass is 19.1. The van der Waals surface area contributed by atoms with Crippen LogP contribution in [-0.2, 0) is 0 Å². The van der Waals surface area contributed by atoms with Crippen molar-refractivity contribution in [2.24, 2.45) is 0 Å². The molecule has 1 aromatic carbocycles. The molecule has 0 saturated carbocycles. The topological polar surface area (TPSA) is 84.7 Å². The largest absolute Gasteiger partial charge is 0.707 e. The minimum Gasteiger partial charge on any atom is -0.512 e. The summed E-state index contributed by atoms with van der Waals surface area (Å²) in [5.74, 6) is -0.189. The second-order valence-electron chi connectivity index (χ2n) is 1.90. The summed E-state index contributed by atoms with van der Waals surface area (Å²) >= 11 is 0. The first-order valence-corrected chi connectivity index (χ1v) is 2.97. The van der Waals surface area contributed by atoms with Crippen LogP contribution in [0, 0.1) is 5.82 Å². The van der Waals surface area contributed by atoms with E-state index in [1.54, 1.807) is 0 Å². The van der Waals surface area contributed by atoms with E-state index in [4.69, 9.17) is 10.0 Å². The van der Waals surface area contributed by atoms with Gasteiger partial charge in [-0.25, -0.2) is 4.39 Å². The fourth-order valence-electron chi connectivity index (χ4n) is 0.635. The molecule has 12 heavy (non-hydrogen) atoms. The lowest BCUT2D eigenvalue weighted by Gasteiger charge is -2.02. The van der Waals surface area contributed by atoms with E-state index in [0.717, 1.165) is 12.1 Å². The van der Waals surface area contributed by atoms with Gasteiger partial charge in [0.2, 0.25) is 0 Å². The Morgan fingerprint density at radius 2 is 1.67 bits per heavy atom. The Hall–Kier alpha value is -1.11. The van der Waals surface area contributed by atoms with Crippen molar-refractivity contribution >= 4 is 7.32 Å². The molecular formula is C6H9BFNO3. The van der Waals surface area contributed by atoms with Crippen molar-refractivity contribution < 1.29 is 19.1 Å². The summed E-state index contributed by atoms with van der Waals surface area (Å²) in [6.07, 6.45) is 0. The van der Waals surface area contributed by atoms with Crippen LogP contribution in [0.1, 0.15) is 0 Å². The van der Waals surface area contributed by atoms with Crippen LogP contribution < -0.4 is 10.8 Å². The Morgan fingerprint density at radius 3 is 2.08 bits per heavy atom. The predicted octanol–water partition coefficient (Wildman–Crippen LogP) is 0.336. The van der Waals surface area contributed by atoms with Gasteiger partial charge in [-0.1, -0.05) is 0 Å². The molecule has 0 radical (unpaired) electrons. The Balaban J connectivity index is 0.00000121. The molecule has 0 unspecified atom stereocenters. The summed E-state index contributed by atoms with van der Waals surface area (Å²) < 4.78 is 16.7. The molecule has 0 saturated heterocycles. The van der Waals surface area contributed by atoms with Crippen LogP contribution in [0.5, 0.6) is 5.75 Å². The molecule has 0 heterocycles. The molecule has 0 spiro atoms. The van der Waals surface area contributed by atoms with Gasteiger partial charge < -0.3 is 20.9 Å². The third-order valence-electron chi connectivity index (χ3n) is 1.06. The van der Waals surface area contributed by atoms with E-state index in [1.165, 1.54) is 12.1 Å². The maximum Gasteiger partial charge on any atom is 0.707 e. The van der Waals surface area contributed by atoms with Gasteiger partial charge in [0.25, 0.3) is 0 Å². The number of hydrogen-bond acceptors (Lipinski definition) is 4. The minimum absolute atomic E-state index is 0. The Kier molecular flexibility index (Phi) is 4.27. The zero-order chi connectivity index (χ0) is 8.27. The van der Waals surface area contributed by atoms with Gasteiger partial charge in [0.1, 0.15) is 11.6 Å². The second-order valence-corrected chi connectivity index (χ2v) is 1.90. The van der Waals surface area contributed by atoms with Crippen LogP contribution in [-0.4, -0.2) is 17.4 Å². The molecule has 66 valence electrons. The van der Waals surface area contributed by atoms with Crippen molar-refractivity contribution in [3.05, 3.63) is 30.1 Å². The standard InChI is InChI=1S/C6H6BFO3.H3N/c8-5-1-3-6(4-2-5)11-7(9)10;/h1-4,9-10H;1H3. The molecule has 1 rings (SSSR count). The maximum absolute atomic E-state index is 12.2. The van der Waals surface area contributed by atoms with Crippen LogP contribution >= 0.6 is 0 Å². The first kappa shape index (κ1) is 10.9. The molecule has 0 aliphatic heterocycles. The summed E-state index contributed by atoms with van der Waals surface area (Å²) in [6.45, 7) is 0. The van der Waals surface area contributed by atoms with Crippen molar-refractivity contribution in [2.45, 2.75) is 0 Å². The summed E-state index contributed by atoms with van der Waals surface area (Å²) in [6, 6.07) is 4.93. The van der Waals surface area contributed by atoms with Crippen molar-refractivity contribution in [2.75, 3.05) is 0 Å². The highest BCUT2D eigenvalue weighted by Gasteiger charge is 2.10. The highest BCUT2D eigenvalue weighted by molar-refractivity contribution is 6.33. The zero-order valence-electron chi connectivity index (χ0n) is 6.27. The molecule has 0 fully saturated rings. The molecule has 1 aromatic rings. The Morgan fingerprint density at radius 1 is 1.17 bits per heavy atom. The van der Waals surface area contributed by atoms with Gasteiger partial charge in [0.05, 0.1) is 0 Å². The molecule has 0 aliphatic carbocycles. The van der Waals surface area contributed by atoms with E-state index < -0.39 is 13.1 Å². The third kappa shape index (κ3) is 3.33. The number of halogens is 1. The maximum atomic E-state index is 12.2. The first-order valence-electron chi connectivity index (χ1n) is 2.97. The van der Waals surface area contributed by atoms with E-state index in [2.05, 4.69) is 4.65 Å². The van der Waals surface area contributed by atoms with Gasteiger partial charge in [-0.2, -0.15) is 0 Å². The fraction of sp³-hybridized carbons (Fsp3) is 0. The lowest BCUT2D eigenvalue weighted by atomic mass is 10.2. The third-order valence-corrected chi connectivity index (χ3v) is 1.06. The molecule has 0 aromatic heterocycles. The van der Waals surface area contributed by atoms with Crippen molar-refractivity contribution in [1.29, 1.82) is 0 Å². The van der Waals surface area contributed by atoms with E-state index in [9.17, 15) is 4.39 Å². The van der Waals surface area contributed by atoms with Gasteiger partial charge in [-0.3, -0.25) is 0 Å². The van der Waals surface area contributed by atoms with Crippen molar-refractivity contribution in [1.82, 2.24) is 6.15 Å². The van der Waals surface area contributed by atoms with Gasteiger partial charge in [0, 0.05) is 0 Å². The molecular weight excluding hydrogens is 164 g/mol. The van der Waals surface area contributed by atoms with Crippen molar-refractivity contribution in [3.63, 3.8) is 0 Å². The molecule has 6 heteroatoms. The SMILES string of the molecule is N.OB(O)Oc1ccc(F)cc1. The monoisotopic (exact) mass is 173 g/mol. The summed E-state index contributed by atoms with van der Waals surface area (Å²) in [5, 5.41) is 16.6. The van der Waals surface area contributed by atoms with Gasteiger partial charge in [0.15, 0.2) is 0 Å². The normalized spacial score (nSPS) is 8.58.